The zero-order chi connectivity index (χ0) is 17.8. The van der Waals surface area contributed by atoms with Crippen LogP contribution in [0.15, 0.2) is 53.1 Å². The molecule has 0 radical (unpaired) electrons. The Morgan fingerprint density at radius 1 is 1.24 bits per heavy atom. The molecular formula is C18H19N3O4. The Balaban J connectivity index is 1.75. The van der Waals surface area contributed by atoms with Crippen molar-refractivity contribution in [3.8, 4) is 0 Å². The van der Waals surface area contributed by atoms with Crippen molar-refractivity contribution in [3.63, 3.8) is 0 Å². The Bertz CT molecular complexity index is 758. The molecule has 1 aromatic carbocycles. The van der Waals surface area contributed by atoms with Crippen LogP contribution in [0.3, 0.4) is 0 Å². The first-order valence-corrected chi connectivity index (χ1v) is 8.02. The van der Waals surface area contributed by atoms with Gasteiger partial charge in [-0.2, -0.15) is 0 Å². The van der Waals surface area contributed by atoms with Gasteiger partial charge >= 0.3 is 0 Å². The highest BCUT2D eigenvalue weighted by Crippen LogP contribution is 2.23. The number of nitrogens with zero attached hydrogens (tertiary/aromatic N) is 1. The fraction of sp³-hybridized carbons (Fsp3) is 0.278. The lowest BCUT2D eigenvalue weighted by atomic mass is 10.0. The van der Waals surface area contributed by atoms with Gasteiger partial charge in [-0.1, -0.05) is 30.3 Å². The van der Waals surface area contributed by atoms with Crippen LogP contribution in [-0.2, 0) is 9.59 Å². The lowest BCUT2D eigenvalue weighted by molar-refractivity contribution is -0.142. The number of rotatable bonds is 4. The number of carbonyl (C=O) groups is 3. The van der Waals surface area contributed by atoms with Crippen molar-refractivity contribution in [2.45, 2.75) is 19.0 Å². The highest BCUT2D eigenvalue weighted by Gasteiger charge is 2.34. The lowest BCUT2D eigenvalue weighted by Crippen LogP contribution is -2.56. The molecule has 0 bridgehead atoms. The van der Waals surface area contributed by atoms with Crippen LogP contribution in [-0.4, -0.2) is 41.8 Å². The third-order valence-corrected chi connectivity index (χ3v) is 4.11. The van der Waals surface area contributed by atoms with Crippen LogP contribution in [0.4, 0.5) is 0 Å². The van der Waals surface area contributed by atoms with Gasteiger partial charge in [-0.05, 0) is 24.6 Å². The molecule has 1 fully saturated rings. The Labute approximate surface area is 145 Å². The van der Waals surface area contributed by atoms with Crippen molar-refractivity contribution in [2.24, 2.45) is 0 Å². The molecule has 130 valence electrons. The van der Waals surface area contributed by atoms with Crippen molar-refractivity contribution in [2.75, 3.05) is 13.1 Å². The van der Waals surface area contributed by atoms with E-state index in [4.69, 9.17) is 4.42 Å². The average molecular weight is 341 g/mol. The standard InChI is InChI=1S/C18H19N3O4/c1-12(20-17(23)15-8-5-9-25-15)18(24)21-11-16(22)19-10-14(21)13-6-3-2-4-7-13/h2-9,12,14H,10-11H2,1H3,(H,19,22)(H,20,23). The van der Waals surface area contributed by atoms with E-state index >= 15 is 0 Å². The van der Waals surface area contributed by atoms with Gasteiger partial charge in [0.2, 0.25) is 11.8 Å². The number of hydrogen-bond acceptors (Lipinski definition) is 4. The topological polar surface area (TPSA) is 91.7 Å². The molecule has 1 aliphatic rings. The Morgan fingerprint density at radius 2 is 2.00 bits per heavy atom. The molecule has 0 saturated carbocycles. The monoisotopic (exact) mass is 341 g/mol. The molecule has 7 nitrogen and oxygen atoms in total. The normalized spacial score (nSPS) is 18.4. The largest absolute Gasteiger partial charge is 0.459 e. The Hall–Kier alpha value is -3.09. The molecule has 1 aromatic heterocycles. The van der Waals surface area contributed by atoms with Gasteiger partial charge in [-0.3, -0.25) is 14.4 Å². The predicted octanol–water partition coefficient (Wildman–Crippen LogP) is 1.10. The van der Waals surface area contributed by atoms with Gasteiger partial charge in [0.15, 0.2) is 5.76 Å². The molecule has 25 heavy (non-hydrogen) atoms. The summed E-state index contributed by atoms with van der Waals surface area (Å²) in [5.74, 6) is -0.868. The van der Waals surface area contributed by atoms with Crippen molar-refractivity contribution >= 4 is 17.7 Å². The molecule has 2 aromatic rings. The van der Waals surface area contributed by atoms with Gasteiger partial charge in [0, 0.05) is 6.54 Å². The summed E-state index contributed by atoms with van der Waals surface area (Å²) in [5, 5.41) is 5.39. The minimum absolute atomic E-state index is 0.0423. The van der Waals surface area contributed by atoms with E-state index in [1.807, 2.05) is 30.3 Å². The van der Waals surface area contributed by atoms with E-state index in [0.29, 0.717) is 6.54 Å². The van der Waals surface area contributed by atoms with Crippen LogP contribution in [0, 0.1) is 0 Å². The zero-order valence-corrected chi connectivity index (χ0v) is 13.8. The maximum absolute atomic E-state index is 12.8. The van der Waals surface area contributed by atoms with E-state index in [9.17, 15) is 14.4 Å². The predicted molar refractivity (Wildman–Crippen MR) is 89.5 cm³/mol. The molecule has 0 spiro atoms. The second-order valence-electron chi connectivity index (χ2n) is 5.87. The van der Waals surface area contributed by atoms with Gasteiger partial charge < -0.3 is 20.0 Å². The van der Waals surface area contributed by atoms with Crippen LogP contribution < -0.4 is 10.6 Å². The first-order chi connectivity index (χ1) is 12.1. The maximum Gasteiger partial charge on any atom is 0.287 e. The van der Waals surface area contributed by atoms with E-state index in [1.54, 1.807) is 13.0 Å². The number of amides is 3. The summed E-state index contributed by atoms with van der Waals surface area (Å²) in [6.45, 7) is 1.89. The minimum atomic E-state index is -0.783. The van der Waals surface area contributed by atoms with Gasteiger partial charge in [0.25, 0.3) is 5.91 Å². The molecule has 1 aliphatic heterocycles. The molecular weight excluding hydrogens is 322 g/mol. The summed E-state index contributed by atoms with van der Waals surface area (Å²) in [6, 6.07) is 11.6. The number of furan rings is 1. The summed E-state index contributed by atoms with van der Waals surface area (Å²) >= 11 is 0. The summed E-state index contributed by atoms with van der Waals surface area (Å²) in [6.07, 6.45) is 1.39. The molecule has 0 aliphatic carbocycles. The molecule has 2 N–H and O–H groups in total. The van der Waals surface area contributed by atoms with Crippen molar-refractivity contribution < 1.29 is 18.8 Å². The smallest absolute Gasteiger partial charge is 0.287 e. The Kier molecular flexibility index (Phi) is 4.83. The van der Waals surface area contributed by atoms with Gasteiger partial charge in [0.05, 0.1) is 12.3 Å². The van der Waals surface area contributed by atoms with Gasteiger partial charge in [-0.25, -0.2) is 0 Å². The first kappa shape index (κ1) is 16.8. The molecule has 2 heterocycles. The number of benzene rings is 1. The lowest BCUT2D eigenvalue weighted by Gasteiger charge is -2.37. The molecule has 7 heteroatoms. The van der Waals surface area contributed by atoms with Crippen LogP contribution in [0.5, 0.6) is 0 Å². The summed E-state index contributed by atoms with van der Waals surface area (Å²) in [7, 11) is 0. The fourth-order valence-corrected chi connectivity index (χ4v) is 2.83. The van der Waals surface area contributed by atoms with Crippen LogP contribution in [0.2, 0.25) is 0 Å². The second-order valence-corrected chi connectivity index (χ2v) is 5.87. The molecule has 2 atom stereocenters. The first-order valence-electron chi connectivity index (χ1n) is 8.02. The van der Waals surface area contributed by atoms with E-state index < -0.39 is 11.9 Å². The third-order valence-electron chi connectivity index (χ3n) is 4.11. The third kappa shape index (κ3) is 3.71. The highest BCUT2D eigenvalue weighted by atomic mass is 16.3. The SMILES string of the molecule is CC(NC(=O)c1ccco1)C(=O)N1CC(=O)NCC1c1ccccc1. The number of hydrogen-bond donors (Lipinski definition) is 2. The summed E-state index contributed by atoms with van der Waals surface area (Å²) < 4.78 is 5.03. The van der Waals surface area contributed by atoms with E-state index in [-0.39, 0.29) is 30.2 Å². The Morgan fingerprint density at radius 3 is 2.68 bits per heavy atom. The number of nitrogens with one attached hydrogen (secondary N) is 2. The van der Waals surface area contributed by atoms with Crippen molar-refractivity contribution in [1.82, 2.24) is 15.5 Å². The fourth-order valence-electron chi connectivity index (χ4n) is 2.83. The quantitative estimate of drug-likeness (QED) is 0.871. The number of piperazine rings is 1. The van der Waals surface area contributed by atoms with Gasteiger partial charge in [0.1, 0.15) is 12.6 Å². The van der Waals surface area contributed by atoms with Crippen LogP contribution in [0.25, 0.3) is 0 Å². The average Bonchev–Trinajstić information content (AvgIpc) is 3.16. The highest BCUT2D eigenvalue weighted by molar-refractivity contribution is 5.96. The van der Waals surface area contributed by atoms with E-state index in [0.717, 1.165) is 5.56 Å². The molecule has 3 amide bonds. The number of carbonyl (C=O) groups excluding carboxylic acids is 3. The van der Waals surface area contributed by atoms with E-state index in [2.05, 4.69) is 10.6 Å². The second kappa shape index (κ2) is 7.21. The van der Waals surface area contributed by atoms with Crippen molar-refractivity contribution in [1.29, 1.82) is 0 Å². The van der Waals surface area contributed by atoms with Crippen molar-refractivity contribution in [3.05, 3.63) is 60.1 Å². The maximum atomic E-state index is 12.8. The van der Waals surface area contributed by atoms with E-state index in [1.165, 1.54) is 17.2 Å². The molecule has 2 unspecified atom stereocenters. The van der Waals surface area contributed by atoms with Gasteiger partial charge in [-0.15, -0.1) is 0 Å². The summed E-state index contributed by atoms with van der Waals surface area (Å²) in [4.78, 5) is 38.2. The molecule has 3 rings (SSSR count). The summed E-state index contributed by atoms with van der Waals surface area (Å²) in [5.41, 5.74) is 0.931. The zero-order valence-electron chi connectivity index (χ0n) is 13.8. The van der Waals surface area contributed by atoms with Crippen LogP contribution in [0.1, 0.15) is 29.1 Å². The van der Waals surface area contributed by atoms with Crippen LogP contribution >= 0.6 is 0 Å². The minimum Gasteiger partial charge on any atom is -0.459 e. The molecule has 1 saturated heterocycles.